The van der Waals surface area contributed by atoms with Gasteiger partial charge in [0.05, 0.1) is 0 Å². The minimum absolute atomic E-state index is 0.255. The molecule has 2 aliphatic rings. The average Bonchev–Trinajstić information content (AvgIpc) is 2.40. The number of nitrogens with one attached hydrogen (secondary N) is 2. The first-order chi connectivity index (χ1) is 8.29. The molecule has 1 heterocycles. The maximum absolute atomic E-state index is 12.1. The monoisotopic (exact) mass is 256 g/mol. The van der Waals surface area contributed by atoms with Crippen LogP contribution in [0, 0.1) is 5.92 Å². The van der Waals surface area contributed by atoms with Gasteiger partial charge >= 0.3 is 0 Å². The predicted octanol–water partition coefficient (Wildman–Crippen LogP) is 1.78. The molecule has 1 aliphatic carbocycles. The molecule has 0 bridgehead atoms. The Morgan fingerprint density at radius 1 is 1.24 bits per heavy atom. The maximum atomic E-state index is 12.1. The number of hydrogen-bond acceptors (Lipinski definition) is 3. The van der Waals surface area contributed by atoms with Gasteiger partial charge in [0.25, 0.3) is 0 Å². The molecule has 2 atom stereocenters. The third kappa shape index (κ3) is 3.88. The van der Waals surface area contributed by atoms with Crippen LogP contribution in [0.2, 0.25) is 0 Å². The summed E-state index contributed by atoms with van der Waals surface area (Å²) < 4.78 is 0. The summed E-state index contributed by atoms with van der Waals surface area (Å²) in [5.41, 5.74) is 0. The summed E-state index contributed by atoms with van der Waals surface area (Å²) in [6, 6.07) is 0.434. The number of rotatable bonds is 3. The van der Waals surface area contributed by atoms with Crippen molar-refractivity contribution < 1.29 is 4.79 Å². The van der Waals surface area contributed by atoms with Crippen LogP contribution in [0.5, 0.6) is 0 Å². The quantitative estimate of drug-likeness (QED) is 0.809. The highest BCUT2D eigenvalue weighted by molar-refractivity contribution is 7.99. The van der Waals surface area contributed by atoms with E-state index in [2.05, 4.69) is 16.9 Å². The average molecular weight is 256 g/mol. The molecule has 2 fully saturated rings. The molecule has 4 heteroatoms. The third-order valence-electron chi connectivity index (χ3n) is 4.02. The van der Waals surface area contributed by atoms with E-state index in [1.807, 2.05) is 11.8 Å². The topological polar surface area (TPSA) is 41.1 Å². The summed E-state index contributed by atoms with van der Waals surface area (Å²) in [4.78, 5) is 12.1. The van der Waals surface area contributed by atoms with Gasteiger partial charge in [-0.2, -0.15) is 11.8 Å². The Kier molecular flexibility index (Phi) is 5.16. The molecule has 0 aromatic carbocycles. The lowest BCUT2D eigenvalue weighted by molar-refractivity contribution is -0.126. The largest absolute Gasteiger partial charge is 0.353 e. The second-order valence-corrected chi connectivity index (χ2v) is 6.39. The number of hydrogen-bond donors (Lipinski definition) is 2. The number of piperidine rings is 1. The number of carbonyl (C=O) groups is 1. The van der Waals surface area contributed by atoms with Crippen LogP contribution in [0.15, 0.2) is 0 Å². The van der Waals surface area contributed by atoms with E-state index in [0.29, 0.717) is 11.9 Å². The van der Waals surface area contributed by atoms with Crippen molar-refractivity contribution in [2.24, 2.45) is 5.92 Å². The molecule has 2 N–H and O–H groups in total. The zero-order valence-electron chi connectivity index (χ0n) is 10.7. The van der Waals surface area contributed by atoms with E-state index in [1.54, 1.807) is 0 Å². The van der Waals surface area contributed by atoms with Gasteiger partial charge in [-0.15, -0.1) is 0 Å². The second-order valence-electron chi connectivity index (χ2n) is 5.25. The van der Waals surface area contributed by atoms with Gasteiger partial charge in [-0.05, 0) is 51.4 Å². The predicted molar refractivity (Wildman–Crippen MR) is 73.3 cm³/mol. The summed E-state index contributed by atoms with van der Waals surface area (Å²) in [7, 11) is 0. The zero-order valence-corrected chi connectivity index (χ0v) is 11.5. The van der Waals surface area contributed by atoms with E-state index in [1.165, 1.54) is 19.3 Å². The molecular formula is C13H24N2OS. The van der Waals surface area contributed by atoms with E-state index in [-0.39, 0.29) is 5.92 Å². The molecule has 98 valence electrons. The van der Waals surface area contributed by atoms with Crippen LogP contribution in [-0.2, 0) is 4.79 Å². The Hall–Kier alpha value is -0.220. The number of thioether (sulfide) groups is 1. The van der Waals surface area contributed by atoms with E-state index < -0.39 is 0 Å². The van der Waals surface area contributed by atoms with Crippen molar-refractivity contribution >= 4 is 17.7 Å². The lowest BCUT2D eigenvalue weighted by Gasteiger charge is -2.31. The first-order valence-electron chi connectivity index (χ1n) is 6.83. The molecule has 2 unspecified atom stereocenters. The molecule has 0 radical (unpaired) electrons. The van der Waals surface area contributed by atoms with E-state index >= 15 is 0 Å². The van der Waals surface area contributed by atoms with Crippen molar-refractivity contribution in [2.75, 3.05) is 19.3 Å². The lowest BCUT2D eigenvalue weighted by atomic mass is 9.92. The van der Waals surface area contributed by atoms with Crippen LogP contribution in [0.25, 0.3) is 0 Å². The van der Waals surface area contributed by atoms with Crippen LogP contribution in [-0.4, -0.2) is 36.5 Å². The molecule has 1 amide bonds. The molecule has 1 saturated heterocycles. The van der Waals surface area contributed by atoms with Crippen LogP contribution in [0.4, 0.5) is 0 Å². The van der Waals surface area contributed by atoms with Crippen molar-refractivity contribution in [2.45, 2.75) is 49.8 Å². The molecule has 1 saturated carbocycles. The van der Waals surface area contributed by atoms with Crippen molar-refractivity contribution in [1.82, 2.24) is 10.6 Å². The van der Waals surface area contributed by atoms with E-state index in [9.17, 15) is 4.79 Å². The normalized spacial score (nSPS) is 31.1. The van der Waals surface area contributed by atoms with Gasteiger partial charge in [0, 0.05) is 17.2 Å². The first kappa shape index (κ1) is 13.2. The van der Waals surface area contributed by atoms with Crippen LogP contribution >= 0.6 is 11.8 Å². The summed E-state index contributed by atoms with van der Waals surface area (Å²) in [6.45, 7) is 1.99. The summed E-state index contributed by atoms with van der Waals surface area (Å²) in [5, 5.41) is 7.33. The van der Waals surface area contributed by atoms with Crippen LogP contribution in [0.3, 0.4) is 0 Å². The summed E-state index contributed by atoms with van der Waals surface area (Å²) in [6.07, 6.45) is 9.12. The fourth-order valence-electron chi connectivity index (χ4n) is 2.89. The van der Waals surface area contributed by atoms with Gasteiger partial charge in [0.1, 0.15) is 0 Å². The van der Waals surface area contributed by atoms with Gasteiger partial charge in [0.15, 0.2) is 0 Å². The van der Waals surface area contributed by atoms with Crippen LogP contribution in [0.1, 0.15) is 38.5 Å². The number of carbonyl (C=O) groups excluding carboxylic acids is 1. The summed E-state index contributed by atoms with van der Waals surface area (Å²) >= 11 is 1.95. The fraction of sp³-hybridized carbons (Fsp3) is 0.923. The van der Waals surface area contributed by atoms with Crippen molar-refractivity contribution in [3.05, 3.63) is 0 Å². The lowest BCUT2D eigenvalue weighted by Crippen LogP contribution is -2.44. The molecule has 1 aliphatic heterocycles. The molecule has 3 nitrogen and oxygen atoms in total. The van der Waals surface area contributed by atoms with Gasteiger partial charge < -0.3 is 10.6 Å². The Bertz CT molecular complexity index is 254. The number of amides is 1. The Balaban J connectivity index is 1.77. The van der Waals surface area contributed by atoms with Gasteiger partial charge in [-0.25, -0.2) is 0 Å². The Morgan fingerprint density at radius 2 is 2.00 bits per heavy atom. The standard InChI is InChI=1S/C13H24N2OS/c1-17-12-4-2-3-11(9-12)15-13(16)10-5-7-14-8-6-10/h10-12,14H,2-9H2,1H3,(H,15,16). The molecular weight excluding hydrogens is 232 g/mol. The van der Waals surface area contributed by atoms with E-state index in [0.717, 1.165) is 37.6 Å². The first-order valence-corrected chi connectivity index (χ1v) is 8.12. The molecule has 2 rings (SSSR count). The second kappa shape index (κ2) is 6.64. The Morgan fingerprint density at radius 3 is 2.71 bits per heavy atom. The van der Waals surface area contributed by atoms with E-state index in [4.69, 9.17) is 0 Å². The zero-order chi connectivity index (χ0) is 12.1. The van der Waals surface area contributed by atoms with Gasteiger partial charge in [-0.3, -0.25) is 4.79 Å². The molecule has 0 aromatic rings. The minimum Gasteiger partial charge on any atom is -0.353 e. The smallest absolute Gasteiger partial charge is 0.223 e. The van der Waals surface area contributed by atoms with Gasteiger partial charge in [0.2, 0.25) is 5.91 Å². The molecule has 0 spiro atoms. The molecule has 0 aromatic heterocycles. The van der Waals surface area contributed by atoms with Crippen molar-refractivity contribution in [3.63, 3.8) is 0 Å². The Labute approximate surface area is 108 Å². The highest BCUT2D eigenvalue weighted by Gasteiger charge is 2.26. The van der Waals surface area contributed by atoms with Gasteiger partial charge in [-0.1, -0.05) is 6.42 Å². The fourth-order valence-corrected chi connectivity index (χ4v) is 3.72. The highest BCUT2D eigenvalue weighted by Crippen LogP contribution is 2.27. The maximum Gasteiger partial charge on any atom is 0.223 e. The third-order valence-corrected chi connectivity index (χ3v) is 5.11. The highest BCUT2D eigenvalue weighted by atomic mass is 32.2. The van der Waals surface area contributed by atoms with Crippen molar-refractivity contribution in [3.8, 4) is 0 Å². The summed E-state index contributed by atoms with van der Waals surface area (Å²) in [5.74, 6) is 0.559. The molecule has 17 heavy (non-hydrogen) atoms. The SMILES string of the molecule is CSC1CCCC(NC(=O)C2CCNCC2)C1. The van der Waals surface area contributed by atoms with Crippen LogP contribution < -0.4 is 10.6 Å². The van der Waals surface area contributed by atoms with Crippen molar-refractivity contribution in [1.29, 1.82) is 0 Å². The minimum atomic E-state index is 0.255.